The molecule has 0 bridgehead atoms. The molecule has 1 N–H and O–H groups in total. The van der Waals surface area contributed by atoms with E-state index in [1.54, 1.807) is 36.5 Å². The standard InChI is InChI=1S/C21H23FN4O4S/c22-17-5-3-15(2-1-7-24-31(27)28)12-20(17)30-16-4-6-18-19(13-16)25-21(14-23-18)26-8-10-29-11-9-26/h3-6,12-14,31H,1-2,7-11H2,(H,24,27,28). The van der Waals surface area contributed by atoms with Crippen LogP contribution < -0.4 is 14.4 Å². The van der Waals surface area contributed by atoms with Crippen LogP contribution in [0.25, 0.3) is 11.0 Å². The molecule has 8 nitrogen and oxygen atoms in total. The van der Waals surface area contributed by atoms with Crippen molar-refractivity contribution in [2.24, 2.45) is 0 Å². The molecule has 0 amide bonds. The van der Waals surface area contributed by atoms with Crippen molar-refractivity contribution in [3.05, 3.63) is 54.0 Å². The van der Waals surface area contributed by atoms with Crippen LogP contribution in [0.3, 0.4) is 0 Å². The van der Waals surface area contributed by atoms with E-state index in [-0.39, 0.29) is 5.75 Å². The molecule has 1 aromatic heterocycles. The molecule has 0 radical (unpaired) electrons. The average Bonchev–Trinajstić information content (AvgIpc) is 2.79. The molecule has 0 saturated carbocycles. The predicted octanol–water partition coefficient (Wildman–Crippen LogP) is 2.45. The quantitative estimate of drug-likeness (QED) is 0.406. The van der Waals surface area contributed by atoms with Crippen LogP contribution in [0.2, 0.25) is 0 Å². The number of morpholine rings is 1. The van der Waals surface area contributed by atoms with E-state index in [9.17, 15) is 12.8 Å². The number of benzene rings is 2. The van der Waals surface area contributed by atoms with Gasteiger partial charge in [0.25, 0.3) is 0 Å². The van der Waals surface area contributed by atoms with Crippen LogP contribution >= 0.6 is 0 Å². The first-order valence-electron chi connectivity index (χ1n) is 10.0. The predicted molar refractivity (Wildman–Crippen MR) is 116 cm³/mol. The summed E-state index contributed by atoms with van der Waals surface area (Å²) in [5, 5.41) is 0. The van der Waals surface area contributed by atoms with E-state index in [0.717, 1.165) is 30.0 Å². The van der Waals surface area contributed by atoms with Crippen LogP contribution in [0, 0.1) is 5.82 Å². The van der Waals surface area contributed by atoms with Gasteiger partial charge in [0.15, 0.2) is 11.6 Å². The normalized spacial score (nSPS) is 14.3. The van der Waals surface area contributed by atoms with Gasteiger partial charge in [-0.2, -0.15) is 0 Å². The topological polar surface area (TPSA) is 93.7 Å². The van der Waals surface area contributed by atoms with Crippen LogP contribution in [0.5, 0.6) is 11.5 Å². The molecule has 3 aromatic rings. The van der Waals surface area contributed by atoms with Crippen LogP contribution in [0.15, 0.2) is 42.6 Å². The summed E-state index contributed by atoms with van der Waals surface area (Å²) < 4.78 is 48.9. The molecular formula is C21H23FN4O4S. The Hall–Kier alpha value is -2.82. The van der Waals surface area contributed by atoms with Gasteiger partial charge >= 0.3 is 0 Å². The molecule has 2 aromatic carbocycles. The zero-order chi connectivity index (χ0) is 21.6. The molecule has 4 rings (SSSR count). The number of fused-ring (bicyclic) bond motifs is 1. The first-order chi connectivity index (χ1) is 15.1. The smallest absolute Gasteiger partial charge is 0.201 e. The maximum absolute atomic E-state index is 14.3. The first-order valence-corrected chi connectivity index (χ1v) is 11.2. The third-order valence-electron chi connectivity index (χ3n) is 4.94. The Morgan fingerprint density at radius 2 is 1.97 bits per heavy atom. The minimum absolute atomic E-state index is 0.108. The Morgan fingerprint density at radius 1 is 1.13 bits per heavy atom. The number of thiol groups is 1. The molecular weight excluding hydrogens is 423 g/mol. The molecule has 0 spiro atoms. The molecule has 1 aliphatic heterocycles. The number of aromatic nitrogens is 2. The van der Waals surface area contributed by atoms with Crippen molar-refractivity contribution in [3.8, 4) is 11.5 Å². The van der Waals surface area contributed by atoms with Gasteiger partial charge in [-0.05, 0) is 42.7 Å². The Labute approximate surface area is 181 Å². The number of anilines is 1. The highest BCUT2D eigenvalue weighted by Crippen LogP contribution is 2.28. The van der Waals surface area contributed by atoms with Gasteiger partial charge in [0.1, 0.15) is 11.6 Å². The van der Waals surface area contributed by atoms with Crippen molar-refractivity contribution in [2.75, 3.05) is 37.7 Å². The number of nitrogens with zero attached hydrogens (tertiary/aromatic N) is 3. The van der Waals surface area contributed by atoms with Gasteiger partial charge in [0, 0.05) is 25.7 Å². The van der Waals surface area contributed by atoms with Crippen molar-refractivity contribution in [1.82, 2.24) is 14.7 Å². The lowest BCUT2D eigenvalue weighted by molar-refractivity contribution is 0.122. The molecule has 1 aliphatic rings. The Kier molecular flexibility index (Phi) is 6.90. The van der Waals surface area contributed by atoms with Crippen molar-refractivity contribution in [3.63, 3.8) is 0 Å². The fraction of sp³-hybridized carbons (Fsp3) is 0.333. The summed E-state index contributed by atoms with van der Waals surface area (Å²) in [6, 6.07) is 9.91. The van der Waals surface area contributed by atoms with Crippen LogP contribution in [-0.2, 0) is 22.0 Å². The molecule has 1 fully saturated rings. The van der Waals surface area contributed by atoms with Crippen LogP contribution in [-0.4, -0.2) is 51.2 Å². The lowest BCUT2D eigenvalue weighted by Crippen LogP contribution is -2.36. The minimum atomic E-state index is -2.60. The SMILES string of the molecule is O=[SH](=O)NCCCc1ccc(F)c(Oc2ccc3ncc(N4CCOCC4)nc3c2)c1. The number of aryl methyl sites for hydroxylation is 1. The number of hydrogen-bond acceptors (Lipinski definition) is 7. The number of hydrogen-bond donors (Lipinski definition) is 2. The van der Waals surface area contributed by atoms with Gasteiger partial charge in [0.05, 0.1) is 30.4 Å². The van der Waals surface area contributed by atoms with E-state index < -0.39 is 16.7 Å². The van der Waals surface area contributed by atoms with Gasteiger partial charge in [-0.15, -0.1) is 0 Å². The zero-order valence-corrected chi connectivity index (χ0v) is 17.7. The van der Waals surface area contributed by atoms with E-state index in [4.69, 9.17) is 9.47 Å². The van der Waals surface area contributed by atoms with Crippen molar-refractivity contribution in [1.29, 1.82) is 0 Å². The fourth-order valence-corrected chi connectivity index (χ4v) is 3.70. The third-order valence-corrected chi connectivity index (χ3v) is 5.42. The molecule has 0 atom stereocenters. The number of rotatable bonds is 8. The average molecular weight is 447 g/mol. The zero-order valence-electron chi connectivity index (χ0n) is 16.8. The summed E-state index contributed by atoms with van der Waals surface area (Å²) in [6.45, 7) is 3.17. The monoisotopic (exact) mass is 446 g/mol. The van der Waals surface area contributed by atoms with Crippen molar-refractivity contribution in [2.45, 2.75) is 12.8 Å². The first kappa shape index (κ1) is 21.4. The minimum Gasteiger partial charge on any atom is -0.454 e. The van der Waals surface area contributed by atoms with E-state index in [1.807, 2.05) is 0 Å². The molecule has 164 valence electrons. The van der Waals surface area contributed by atoms with E-state index in [1.165, 1.54) is 6.07 Å². The van der Waals surface area contributed by atoms with Crippen LogP contribution in [0.4, 0.5) is 10.2 Å². The van der Waals surface area contributed by atoms with Gasteiger partial charge in [-0.25, -0.2) is 22.5 Å². The van der Waals surface area contributed by atoms with Crippen molar-refractivity contribution < 1.29 is 22.3 Å². The molecule has 1 saturated heterocycles. The third kappa shape index (κ3) is 5.66. The second-order valence-electron chi connectivity index (χ2n) is 7.11. The molecule has 0 unspecified atom stereocenters. The molecule has 2 heterocycles. The lowest BCUT2D eigenvalue weighted by Gasteiger charge is -2.27. The van der Waals surface area contributed by atoms with Gasteiger partial charge in [0.2, 0.25) is 10.9 Å². The Balaban J connectivity index is 1.50. The summed E-state index contributed by atoms with van der Waals surface area (Å²) in [7, 11) is -2.60. The van der Waals surface area contributed by atoms with Gasteiger partial charge < -0.3 is 14.4 Å². The molecule has 31 heavy (non-hydrogen) atoms. The van der Waals surface area contributed by atoms with Crippen molar-refractivity contribution >= 4 is 27.7 Å². The lowest BCUT2D eigenvalue weighted by atomic mass is 10.1. The number of halogens is 1. The highest BCUT2D eigenvalue weighted by Gasteiger charge is 2.14. The van der Waals surface area contributed by atoms with Gasteiger partial charge in [-0.1, -0.05) is 6.07 Å². The van der Waals surface area contributed by atoms with E-state index >= 15 is 0 Å². The summed E-state index contributed by atoms with van der Waals surface area (Å²) in [4.78, 5) is 11.3. The summed E-state index contributed by atoms with van der Waals surface area (Å²) in [5.41, 5.74) is 2.24. The maximum Gasteiger partial charge on any atom is 0.201 e. The largest absolute Gasteiger partial charge is 0.454 e. The number of ether oxygens (including phenoxy) is 2. The highest BCUT2D eigenvalue weighted by molar-refractivity contribution is 7.70. The van der Waals surface area contributed by atoms with E-state index in [2.05, 4.69) is 19.6 Å². The Bertz CT molecular complexity index is 1130. The molecule has 10 heteroatoms. The summed E-state index contributed by atoms with van der Waals surface area (Å²) >= 11 is 0. The fourth-order valence-electron chi connectivity index (χ4n) is 3.36. The second-order valence-corrected chi connectivity index (χ2v) is 7.94. The summed E-state index contributed by atoms with van der Waals surface area (Å²) in [5.74, 6) is 0.867. The number of nitrogens with one attached hydrogen (secondary N) is 1. The Morgan fingerprint density at radius 3 is 2.77 bits per heavy atom. The van der Waals surface area contributed by atoms with E-state index in [0.29, 0.717) is 43.9 Å². The highest BCUT2D eigenvalue weighted by atomic mass is 32.2. The molecule has 0 aliphatic carbocycles. The second kappa shape index (κ2) is 9.99. The van der Waals surface area contributed by atoms with Crippen LogP contribution in [0.1, 0.15) is 12.0 Å². The van der Waals surface area contributed by atoms with Gasteiger partial charge in [-0.3, -0.25) is 4.98 Å². The summed E-state index contributed by atoms with van der Waals surface area (Å²) in [6.07, 6.45) is 2.94. The maximum atomic E-state index is 14.3.